The SMILES string of the molecule is N#C/C=C1\c2cc(S(=O)(=O)c3c(F)c(F)c(F)c(F)c3F)ccc2-c2ccc3c(c21)C(=NC#N)c1cc(S(=O)(=O)c2ccccn2)ccc1-3. The zero-order valence-electron chi connectivity index (χ0n) is 24.1. The number of sulfone groups is 2. The van der Waals surface area contributed by atoms with E-state index in [-0.39, 0.29) is 32.3 Å². The molecule has 49 heavy (non-hydrogen) atoms. The fourth-order valence-electron chi connectivity index (χ4n) is 6.06. The first-order valence-electron chi connectivity index (χ1n) is 13.8. The fraction of sp³-hybridized carbons (Fsp3) is 0. The highest BCUT2D eigenvalue weighted by Crippen LogP contribution is 2.52. The summed E-state index contributed by atoms with van der Waals surface area (Å²) in [5.74, 6) is -12.5. The van der Waals surface area contributed by atoms with Gasteiger partial charge < -0.3 is 0 Å². The second kappa shape index (κ2) is 11.0. The van der Waals surface area contributed by atoms with Crippen LogP contribution in [0.2, 0.25) is 0 Å². The molecule has 8 nitrogen and oxygen atoms in total. The zero-order valence-corrected chi connectivity index (χ0v) is 25.8. The van der Waals surface area contributed by atoms with E-state index in [4.69, 9.17) is 0 Å². The molecule has 0 radical (unpaired) electrons. The summed E-state index contributed by atoms with van der Waals surface area (Å²) < 4.78 is 124. The number of benzene rings is 4. The van der Waals surface area contributed by atoms with Gasteiger partial charge in [-0.3, -0.25) is 0 Å². The Hall–Kier alpha value is -6.03. The van der Waals surface area contributed by atoms with E-state index in [2.05, 4.69) is 9.98 Å². The smallest absolute Gasteiger partial charge is 0.223 e. The summed E-state index contributed by atoms with van der Waals surface area (Å²) in [7, 11) is -9.46. The van der Waals surface area contributed by atoms with E-state index in [1.165, 1.54) is 42.6 Å². The minimum atomic E-state index is -5.36. The predicted molar refractivity (Wildman–Crippen MR) is 163 cm³/mol. The summed E-state index contributed by atoms with van der Waals surface area (Å²) in [6.45, 7) is 0. The molecule has 0 aliphatic heterocycles. The van der Waals surface area contributed by atoms with Crippen LogP contribution in [0.5, 0.6) is 0 Å². The Kier molecular flexibility index (Phi) is 7.10. The minimum absolute atomic E-state index is 0.0494. The van der Waals surface area contributed by atoms with Crippen molar-refractivity contribution in [2.45, 2.75) is 19.7 Å². The fourth-order valence-corrected chi connectivity index (χ4v) is 8.69. The highest BCUT2D eigenvalue weighted by atomic mass is 32.2. The third kappa shape index (κ3) is 4.43. The van der Waals surface area contributed by atoms with Gasteiger partial charge in [0.1, 0.15) is 4.90 Å². The van der Waals surface area contributed by atoms with Crippen LogP contribution in [0.4, 0.5) is 22.0 Å². The standard InChI is InChI=1S/C34H13F5N4O4S2/c35-28-29(36)31(38)34(32(39)30(28)37)49(46,47)17-5-6-18-20-8-9-21-19-7-4-16(48(44,45)25-3-1-2-12-42-25)14-24(19)33(43-15-41)27(21)26(20)22(10-11-40)23(18)13-17/h1-10,12-14H/b22-10+,43-33?. The van der Waals surface area contributed by atoms with Crippen molar-refractivity contribution in [3.8, 4) is 34.5 Å². The lowest BCUT2D eigenvalue weighted by Gasteiger charge is -2.11. The van der Waals surface area contributed by atoms with E-state index in [1.54, 1.807) is 24.4 Å². The van der Waals surface area contributed by atoms with Gasteiger partial charge in [0.05, 0.1) is 21.6 Å². The van der Waals surface area contributed by atoms with E-state index in [0.717, 1.165) is 18.2 Å². The molecule has 0 amide bonds. The van der Waals surface area contributed by atoms with Crippen molar-refractivity contribution in [1.82, 2.24) is 4.98 Å². The normalized spacial score (nSPS) is 14.6. The second-order valence-corrected chi connectivity index (χ2v) is 14.4. The van der Waals surface area contributed by atoms with Gasteiger partial charge in [-0.25, -0.2) is 43.8 Å². The minimum Gasteiger partial charge on any atom is -0.244 e. The topological polar surface area (TPSA) is 141 Å². The van der Waals surface area contributed by atoms with Crippen LogP contribution in [0.25, 0.3) is 27.8 Å². The molecule has 1 heterocycles. The van der Waals surface area contributed by atoms with Crippen LogP contribution >= 0.6 is 0 Å². The largest absolute Gasteiger partial charge is 0.244 e. The Morgan fingerprint density at radius 1 is 0.633 bits per heavy atom. The summed E-state index contributed by atoms with van der Waals surface area (Å²) in [4.78, 5) is 4.92. The first-order valence-corrected chi connectivity index (χ1v) is 16.8. The Balaban J connectivity index is 1.41. The maximum Gasteiger partial charge on any atom is 0.223 e. The maximum atomic E-state index is 14.6. The van der Waals surface area contributed by atoms with Gasteiger partial charge in [-0.15, -0.1) is 0 Å². The van der Waals surface area contributed by atoms with Crippen LogP contribution in [0.3, 0.4) is 0 Å². The molecule has 2 aliphatic carbocycles. The Morgan fingerprint density at radius 2 is 1.18 bits per heavy atom. The number of aliphatic imine (C=N–C) groups is 1. The number of nitriles is 2. The number of aromatic nitrogens is 1. The van der Waals surface area contributed by atoms with Crippen LogP contribution in [-0.4, -0.2) is 27.5 Å². The number of allylic oxidation sites excluding steroid dienone is 1. The van der Waals surface area contributed by atoms with E-state index in [9.17, 15) is 49.3 Å². The van der Waals surface area contributed by atoms with Crippen molar-refractivity contribution >= 4 is 31.0 Å². The summed E-state index contributed by atoms with van der Waals surface area (Å²) in [6.07, 6.45) is 4.10. The number of rotatable bonds is 4. The first kappa shape index (κ1) is 31.6. The van der Waals surface area contributed by atoms with Crippen molar-refractivity contribution in [2.75, 3.05) is 0 Å². The van der Waals surface area contributed by atoms with Crippen molar-refractivity contribution in [2.24, 2.45) is 4.99 Å². The highest BCUT2D eigenvalue weighted by molar-refractivity contribution is 7.91. The van der Waals surface area contributed by atoms with Gasteiger partial charge in [0.2, 0.25) is 31.7 Å². The molecule has 0 saturated carbocycles. The molecular formula is C34H13F5N4O4S2. The Bertz CT molecular complexity index is 2690. The number of hydrogen-bond acceptors (Lipinski definition) is 8. The van der Waals surface area contributed by atoms with E-state index >= 15 is 0 Å². The molecule has 0 N–H and O–H groups in total. The van der Waals surface area contributed by atoms with Crippen LogP contribution < -0.4 is 0 Å². The summed E-state index contributed by atoms with van der Waals surface area (Å²) in [5, 5.41) is 19.2. The molecule has 15 heteroatoms. The van der Waals surface area contributed by atoms with Crippen LogP contribution in [0.15, 0.2) is 104 Å². The monoisotopic (exact) mass is 700 g/mol. The molecule has 0 saturated heterocycles. The van der Waals surface area contributed by atoms with E-state index in [1.807, 2.05) is 6.07 Å². The molecule has 2 aliphatic rings. The van der Waals surface area contributed by atoms with Gasteiger partial charge in [0.25, 0.3) is 0 Å². The first-order chi connectivity index (χ1) is 23.3. The average Bonchev–Trinajstić information content (AvgIpc) is 3.58. The molecule has 0 fully saturated rings. The number of halogens is 5. The van der Waals surface area contributed by atoms with E-state index < -0.39 is 58.6 Å². The summed E-state index contributed by atoms with van der Waals surface area (Å²) in [6, 6.07) is 16.9. The third-order valence-electron chi connectivity index (χ3n) is 8.16. The van der Waals surface area contributed by atoms with E-state index in [0.29, 0.717) is 33.4 Å². The molecule has 4 aromatic carbocycles. The van der Waals surface area contributed by atoms with Gasteiger partial charge in [-0.2, -0.15) is 15.5 Å². The average molecular weight is 701 g/mol. The number of pyridine rings is 1. The number of hydrogen-bond donors (Lipinski definition) is 0. The van der Waals surface area contributed by atoms with Gasteiger partial charge in [-0.1, -0.05) is 30.3 Å². The predicted octanol–water partition coefficient (Wildman–Crippen LogP) is 6.68. The molecule has 7 rings (SSSR count). The van der Waals surface area contributed by atoms with Crippen LogP contribution in [0.1, 0.15) is 22.3 Å². The van der Waals surface area contributed by atoms with Crippen molar-refractivity contribution in [3.05, 3.63) is 130 Å². The third-order valence-corrected chi connectivity index (χ3v) is 11.6. The van der Waals surface area contributed by atoms with Gasteiger partial charge >= 0.3 is 0 Å². The molecule has 0 unspecified atom stereocenters. The van der Waals surface area contributed by atoms with Gasteiger partial charge in [-0.05, 0) is 64.2 Å². The molecule has 0 atom stereocenters. The second-order valence-electron chi connectivity index (χ2n) is 10.6. The number of fused-ring (bicyclic) bond motifs is 7. The van der Waals surface area contributed by atoms with Crippen LogP contribution in [0, 0.1) is 51.9 Å². The molecule has 0 spiro atoms. The van der Waals surface area contributed by atoms with Crippen molar-refractivity contribution in [1.29, 1.82) is 10.5 Å². The van der Waals surface area contributed by atoms with Gasteiger partial charge in [0, 0.05) is 34.5 Å². The lowest BCUT2D eigenvalue weighted by Crippen LogP contribution is -2.13. The number of nitrogens with zero attached hydrogens (tertiary/aromatic N) is 4. The lowest BCUT2D eigenvalue weighted by molar-refractivity contribution is 0.357. The Morgan fingerprint density at radius 3 is 1.78 bits per heavy atom. The maximum absolute atomic E-state index is 14.6. The highest BCUT2D eigenvalue weighted by Gasteiger charge is 2.38. The molecule has 5 aromatic rings. The van der Waals surface area contributed by atoms with Gasteiger partial charge in [0.15, 0.2) is 28.3 Å². The molecule has 240 valence electrons. The van der Waals surface area contributed by atoms with Crippen molar-refractivity contribution in [3.63, 3.8) is 0 Å². The van der Waals surface area contributed by atoms with Crippen LogP contribution in [-0.2, 0) is 19.7 Å². The zero-order chi connectivity index (χ0) is 35.0. The van der Waals surface area contributed by atoms with Crippen molar-refractivity contribution < 1.29 is 38.8 Å². The summed E-state index contributed by atoms with van der Waals surface area (Å²) in [5.41, 5.74) is 2.83. The Labute approximate surface area is 274 Å². The lowest BCUT2D eigenvalue weighted by atomic mass is 9.93. The molecular weight excluding hydrogens is 688 g/mol. The molecule has 0 bridgehead atoms. The molecule has 1 aromatic heterocycles. The quantitative estimate of drug-likeness (QED) is 0.0498. The summed E-state index contributed by atoms with van der Waals surface area (Å²) >= 11 is 0.